The Morgan fingerprint density at radius 2 is 1.47 bits per heavy atom. The van der Waals surface area contributed by atoms with Gasteiger partial charge in [-0.2, -0.15) is 0 Å². The van der Waals surface area contributed by atoms with E-state index >= 15 is 0 Å². The second-order valence-corrected chi connectivity index (χ2v) is 5.44. The zero-order chi connectivity index (χ0) is 13.8. The molecule has 0 bridgehead atoms. The molecule has 0 heterocycles. The lowest BCUT2D eigenvalue weighted by molar-refractivity contribution is -0.184. The smallest absolute Gasteiger partial charge is 0.350 e. The first-order valence-electron chi connectivity index (χ1n) is 6.02. The Labute approximate surface area is 104 Å². The summed E-state index contributed by atoms with van der Waals surface area (Å²) in [6, 6.07) is 0. The first-order chi connectivity index (χ1) is 7.58. The van der Waals surface area contributed by atoms with Gasteiger partial charge < -0.3 is 9.47 Å². The molecule has 1 unspecified atom stereocenters. The number of carbonyl (C=O) groups excluding carboxylic acids is 2. The Hall–Kier alpha value is -1.06. The first kappa shape index (κ1) is 15.9. The van der Waals surface area contributed by atoms with Crippen molar-refractivity contribution in [3.05, 3.63) is 0 Å². The van der Waals surface area contributed by atoms with Crippen LogP contribution in [-0.4, -0.2) is 23.6 Å². The maximum absolute atomic E-state index is 11.8. The summed E-state index contributed by atoms with van der Waals surface area (Å²) < 4.78 is 10.4. The predicted molar refractivity (Wildman–Crippen MR) is 65.4 cm³/mol. The minimum absolute atomic E-state index is 0.195. The van der Waals surface area contributed by atoms with Crippen molar-refractivity contribution in [3.63, 3.8) is 0 Å². The van der Waals surface area contributed by atoms with E-state index in [2.05, 4.69) is 0 Å². The fraction of sp³-hybridized carbons (Fsp3) is 0.846. The molecule has 17 heavy (non-hydrogen) atoms. The molecule has 100 valence electrons. The van der Waals surface area contributed by atoms with Crippen molar-refractivity contribution in [2.45, 2.75) is 60.2 Å². The Balaban J connectivity index is 4.50. The molecule has 0 rings (SSSR count). The zero-order valence-corrected chi connectivity index (χ0v) is 11.9. The SMILES string of the molecule is CC(C)C(=O)OC(C)(C)C(=O)OC(C)C(C)C. The molecule has 0 aromatic carbocycles. The minimum Gasteiger partial charge on any atom is -0.459 e. The summed E-state index contributed by atoms with van der Waals surface area (Å²) in [5, 5.41) is 0. The largest absolute Gasteiger partial charge is 0.459 e. The van der Waals surface area contributed by atoms with Crippen molar-refractivity contribution in [2.24, 2.45) is 11.8 Å². The Bertz CT molecular complexity index is 279. The van der Waals surface area contributed by atoms with Gasteiger partial charge in [0.05, 0.1) is 5.92 Å². The number of ether oxygens (including phenoxy) is 2. The highest BCUT2D eigenvalue weighted by molar-refractivity contribution is 5.83. The number of esters is 2. The number of rotatable bonds is 5. The molecule has 0 saturated heterocycles. The van der Waals surface area contributed by atoms with Gasteiger partial charge in [-0.3, -0.25) is 4.79 Å². The van der Waals surface area contributed by atoms with Crippen LogP contribution in [0.4, 0.5) is 0 Å². The molecule has 0 aliphatic rings. The Morgan fingerprint density at radius 3 is 1.82 bits per heavy atom. The molecule has 0 radical (unpaired) electrons. The van der Waals surface area contributed by atoms with Crippen LogP contribution >= 0.6 is 0 Å². The third kappa shape index (κ3) is 5.20. The molecular weight excluding hydrogens is 220 g/mol. The van der Waals surface area contributed by atoms with E-state index in [1.807, 2.05) is 20.8 Å². The molecule has 0 aliphatic carbocycles. The van der Waals surface area contributed by atoms with E-state index in [-0.39, 0.29) is 17.9 Å². The zero-order valence-electron chi connectivity index (χ0n) is 11.9. The molecule has 0 aromatic heterocycles. The third-order valence-corrected chi connectivity index (χ3v) is 2.55. The second-order valence-electron chi connectivity index (χ2n) is 5.44. The van der Waals surface area contributed by atoms with E-state index in [4.69, 9.17) is 9.47 Å². The van der Waals surface area contributed by atoms with Gasteiger partial charge in [-0.15, -0.1) is 0 Å². The lowest BCUT2D eigenvalue weighted by Gasteiger charge is -2.27. The molecule has 0 spiro atoms. The summed E-state index contributed by atoms with van der Waals surface area (Å²) in [7, 11) is 0. The van der Waals surface area contributed by atoms with E-state index < -0.39 is 17.5 Å². The average molecular weight is 244 g/mol. The predicted octanol–water partition coefficient (Wildman–Crippen LogP) is 2.55. The van der Waals surface area contributed by atoms with Gasteiger partial charge in [0.15, 0.2) is 0 Å². The van der Waals surface area contributed by atoms with Crippen LogP contribution in [0, 0.1) is 11.8 Å². The van der Waals surface area contributed by atoms with Crippen LogP contribution in [0.5, 0.6) is 0 Å². The number of hydrogen-bond acceptors (Lipinski definition) is 4. The summed E-state index contributed by atoms with van der Waals surface area (Å²) >= 11 is 0. The summed E-state index contributed by atoms with van der Waals surface area (Å²) in [5.74, 6) is -0.933. The standard InChI is InChI=1S/C13H24O4/c1-8(2)10(5)16-12(15)13(6,7)17-11(14)9(3)4/h8-10H,1-7H3. The molecule has 0 aliphatic heterocycles. The van der Waals surface area contributed by atoms with Gasteiger partial charge in [0.2, 0.25) is 5.60 Å². The van der Waals surface area contributed by atoms with Crippen LogP contribution in [0.25, 0.3) is 0 Å². The quantitative estimate of drug-likeness (QED) is 0.697. The molecule has 1 atom stereocenters. The van der Waals surface area contributed by atoms with Crippen molar-refractivity contribution in [1.82, 2.24) is 0 Å². The first-order valence-corrected chi connectivity index (χ1v) is 6.02. The molecule has 0 fully saturated rings. The average Bonchev–Trinajstić information content (AvgIpc) is 2.16. The van der Waals surface area contributed by atoms with Crippen LogP contribution < -0.4 is 0 Å². The van der Waals surface area contributed by atoms with Gasteiger partial charge in [-0.25, -0.2) is 4.79 Å². The highest BCUT2D eigenvalue weighted by Gasteiger charge is 2.35. The molecule has 4 heteroatoms. The van der Waals surface area contributed by atoms with Gasteiger partial charge in [0, 0.05) is 0 Å². The molecular formula is C13H24O4. The normalized spacial score (nSPS) is 13.7. The fourth-order valence-electron chi connectivity index (χ4n) is 0.858. The number of hydrogen-bond donors (Lipinski definition) is 0. The van der Waals surface area contributed by atoms with Crippen LogP contribution in [0.1, 0.15) is 48.5 Å². The fourth-order valence-corrected chi connectivity index (χ4v) is 0.858. The highest BCUT2D eigenvalue weighted by Crippen LogP contribution is 2.17. The molecule has 0 amide bonds. The van der Waals surface area contributed by atoms with Gasteiger partial charge >= 0.3 is 11.9 Å². The van der Waals surface area contributed by atoms with E-state index in [1.165, 1.54) is 0 Å². The lowest BCUT2D eigenvalue weighted by Crippen LogP contribution is -2.41. The molecule has 4 nitrogen and oxygen atoms in total. The topological polar surface area (TPSA) is 52.6 Å². The van der Waals surface area contributed by atoms with Crippen LogP contribution in [0.15, 0.2) is 0 Å². The maximum atomic E-state index is 11.8. The van der Waals surface area contributed by atoms with Crippen molar-refractivity contribution in [3.8, 4) is 0 Å². The summed E-state index contributed by atoms with van der Waals surface area (Å²) in [5.41, 5.74) is -1.23. The van der Waals surface area contributed by atoms with Crippen LogP contribution in [0.2, 0.25) is 0 Å². The van der Waals surface area contributed by atoms with Crippen LogP contribution in [-0.2, 0) is 19.1 Å². The van der Waals surface area contributed by atoms with E-state index in [1.54, 1.807) is 27.7 Å². The summed E-state index contributed by atoms with van der Waals surface area (Å²) in [6.07, 6.45) is -0.195. The Morgan fingerprint density at radius 1 is 1.00 bits per heavy atom. The van der Waals surface area contributed by atoms with Gasteiger partial charge in [-0.05, 0) is 26.7 Å². The van der Waals surface area contributed by atoms with Gasteiger partial charge in [0.25, 0.3) is 0 Å². The van der Waals surface area contributed by atoms with Crippen molar-refractivity contribution in [1.29, 1.82) is 0 Å². The van der Waals surface area contributed by atoms with Gasteiger partial charge in [0.1, 0.15) is 6.10 Å². The van der Waals surface area contributed by atoms with Crippen molar-refractivity contribution in [2.75, 3.05) is 0 Å². The summed E-state index contributed by atoms with van der Waals surface area (Å²) in [4.78, 5) is 23.3. The van der Waals surface area contributed by atoms with Crippen molar-refractivity contribution >= 4 is 11.9 Å². The van der Waals surface area contributed by atoms with Crippen molar-refractivity contribution < 1.29 is 19.1 Å². The molecule has 0 aromatic rings. The monoisotopic (exact) mass is 244 g/mol. The second kappa shape index (κ2) is 6.03. The minimum atomic E-state index is -1.23. The van der Waals surface area contributed by atoms with Gasteiger partial charge in [-0.1, -0.05) is 27.7 Å². The molecule has 0 N–H and O–H groups in total. The van der Waals surface area contributed by atoms with E-state index in [0.29, 0.717) is 0 Å². The Kier molecular flexibility index (Phi) is 5.66. The molecule has 0 saturated carbocycles. The highest BCUT2D eigenvalue weighted by atomic mass is 16.6. The third-order valence-electron chi connectivity index (χ3n) is 2.55. The van der Waals surface area contributed by atoms with E-state index in [9.17, 15) is 9.59 Å². The van der Waals surface area contributed by atoms with E-state index in [0.717, 1.165) is 0 Å². The summed E-state index contributed by atoms with van der Waals surface area (Å²) in [6.45, 7) is 12.3. The number of carbonyl (C=O) groups is 2. The maximum Gasteiger partial charge on any atom is 0.350 e. The van der Waals surface area contributed by atoms with Crippen LogP contribution in [0.3, 0.4) is 0 Å². The lowest BCUT2D eigenvalue weighted by atomic mass is 10.1.